The molecule has 0 aliphatic rings. The van der Waals surface area contributed by atoms with Crippen LogP contribution in [0, 0.1) is 11.3 Å². The highest BCUT2D eigenvalue weighted by atomic mass is 16.6. The van der Waals surface area contributed by atoms with E-state index in [1.54, 1.807) is 7.11 Å². The number of oxime groups is 1. The van der Waals surface area contributed by atoms with Gasteiger partial charge in [-0.1, -0.05) is 24.4 Å². The molecule has 0 aliphatic heterocycles. The highest BCUT2D eigenvalue weighted by molar-refractivity contribution is 5.81. The van der Waals surface area contributed by atoms with Crippen LogP contribution in [-0.2, 0) is 4.84 Å². The molecule has 3 heteroatoms. The number of rotatable bonds is 8. The third-order valence-electron chi connectivity index (χ3n) is 2.07. The molecule has 0 aromatic heterocycles. The summed E-state index contributed by atoms with van der Waals surface area (Å²) in [7, 11) is 1.57. The fourth-order valence-electron chi connectivity index (χ4n) is 1.32. The van der Waals surface area contributed by atoms with Gasteiger partial charge in [0, 0.05) is 6.42 Å². The molecule has 3 nitrogen and oxygen atoms in total. The maximum Gasteiger partial charge on any atom is 0.106 e. The number of hydrogen-bond acceptors (Lipinski definition) is 3. The summed E-state index contributed by atoms with van der Waals surface area (Å²) in [5.74, 6) is 0. The molecular weight excluding hydrogens is 176 g/mol. The van der Waals surface area contributed by atoms with E-state index in [2.05, 4.69) is 16.1 Å². The predicted octanol–water partition coefficient (Wildman–Crippen LogP) is 3.26. The lowest BCUT2D eigenvalue weighted by molar-refractivity contribution is 0.212. The van der Waals surface area contributed by atoms with Gasteiger partial charge in [-0.2, -0.15) is 5.26 Å². The van der Waals surface area contributed by atoms with Crippen molar-refractivity contribution in [3.63, 3.8) is 0 Å². The Morgan fingerprint density at radius 1 is 1.21 bits per heavy atom. The van der Waals surface area contributed by atoms with Crippen LogP contribution >= 0.6 is 0 Å². The summed E-state index contributed by atoms with van der Waals surface area (Å²) in [6.07, 6.45) is 7.56. The third-order valence-corrected chi connectivity index (χ3v) is 2.07. The predicted molar refractivity (Wildman–Crippen MR) is 58.1 cm³/mol. The summed E-state index contributed by atoms with van der Waals surface area (Å²) >= 11 is 0. The molecule has 80 valence electrons. The first-order valence-corrected chi connectivity index (χ1v) is 5.25. The summed E-state index contributed by atoms with van der Waals surface area (Å²) in [6.45, 7) is 1.99. The van der Waals surface area contributed by atoms with Crippen LogP contribution in [0.25, 0.3) is 0 Å². The standard InChI is InChI=1S/C11H20N2O/c1-11(13-14-2)9-7-5-3-4-6-8-10-12/h3-9H2,1-2H3/b13-11+. The molecule has 0 saturated heterocycles. The van der Waals surface area contributed by atoms with E-state index in [0.29, 0.717) is 6.42 Å². The van der Waals surface area contributed by atoms with E-state index in [-0.39, 0.29) is 0 Å². The molecule has 0 N–H and O–H groups in total. The highest BCUT2D eigenvalue weighted by Gasteiger charge is 1.93. The second kappa shape index (κ2) is 10.0. The second-order valence-electron chi connectivity index (χ2n) is 3.44. The average molecular weight is 196 g/mol. The van der Waals surface area contributed by atoms with Gasteiger partial charge in [-0.3, -0.25) is 0 Å². The van der Waals surface area contributed by atoms with E-state index in [0.717, 1.165) is 18.6 Å². The monoisotopic (exact) mass is 196 g/mol. The first kappa shape index (κ1) is 13.0. The first-order valence-electron chi connectivity index (χ1n) is 5.25. The molecule has 0 aromatic carbocycles. The van der Waals surface area contributed by atoms with Crippen molar-refractivity contribution in [1.82, 2.24) is 0 Å². The molecule has 0 bridgehead atoms. The van der Waals surface area contributed by atoms with E-state index in [4.69, 9.17) is 5.26 Å². The van der Waals surface area contributed by atoms with Crippen molar-refractivity contribution >= 4 is 5.71 Å². The summed E-state index contributed by atoms with van der Waals surface area (Å²) in [5, 5.41) is 12.2. The number of unbranched alkanes of at least 4 members (excludes halogenated alkanes) is 5. The van der Waals surface area contributed by atoms with E-state index >= 15 is 0 Å². The van der Waals surface area contributed by atoms with Crippen molar-refractivity contribution in [2.75, 3.05) is 7.11 Å². The molecule has 0 fully saturated rings. The topological polar surface area (TPSA) is 45.4 Å². The molecule has 0 saturated carbocycles. The van der Waals surface area contributed by atoms with Gasteiger partial charge in [0.15, 0.2) is 0 Å². The minimum absolute atomic E-state index is 0.699. The minimum atomic E-state index is 0.699. The number of nitrogens with zero attached hydrogens (tertiary/aromatic N) is 2. The van der Waals surface area contributed by atoms with Crippen molar-refractivity contribution in [3.05, 3.63) is 0 Å². The normalized spacial score (nSPS) is 11.1. The fourth-order valence-corrected chi connectivity index (χ4v) is 1.32. The van der Waals surface area contributed by atoms with Crippen LogP contribution in [-0.4, -0.2) is 12.8 Å². The van der Waals surface area contributed by atoms with Crippen molar-refractivity contribution < 1.29 is 4.84 Å². The molecule has 0 radical (unpaired) electrons. The first-order chi connectivity index (χ1) is 6.81. The van der Waals surface area contributed by atoms with Crippen LogP contribution in [0.3, 0.4) is 0 Å². The molecule has 0 spiro atoms. The Hall–Kier alpha value is -1.04. The Balaban J connectivity index is 3.14. The van der Waals surface area contributed by atoms with Crippen LogP contribution in [0.15, 0.2) is 5.16 Å². The second-order valence-corrected chi connectivity index (χ2v) is 3.44. The SMILES string of the molecule is CO/N=C(\C)CCCCCCCC#N. The van der Waals surface area contributed by atoms with Gasteiger partial charge in [-0.25, -0.2) is 0 Å². The van der Waals surface area contributed by atoms with E-state index in [1.165, 1.54) is 25.7 Å². The Morgan fingerprint density at radius 2 is 1.86 bits per heavy atom. The summed E-state index contributed by atoms with van der Waals surface area (Å²) in [4.78, 5) is 4.67. The van der Waals surface area contributed by atoms with Crippen LogP contribution in [0.2, 0.25) is 0 Å². The van der Waals surface area contributed by atoms with Gasteiger partial charge in [0.25, 0.3) is 0 Å². The van der Waals surface area contributed by atoms with Crippen molar-refractivity contribution in [3.8, 4) is 6.07 Å². The van der Waals surface area contributed by atoms with E-state index < -0.39 is 0 Å². The van der Waals surface area contributed by atoms with Crippen molar-refractivity contribution in [2.45, 2.75) is 51.9 Å². The molecule has 0 heterocycles. The summed E-state index contributed by atoms with van der Waals surface area (Å²) < 4.78 is 0. The molecule has 14 heavy (non-hydrogen) atoms. The zero-order valence-corrected chi connectivity index (χ0v) is 9.25. The molecular formula is C11H20N2O. The van der Waals surface area contributed by atoms with Gasteiger partial charge < -0.3 is 4.84 Å². The molecule has 0 aliphatic carbocycles. The fraction of sp³-hybridized carbons (Fsp3) is 0.818. The van der Waals surface area contributed by atoms with Gasteiger partial charge in [0.2, 0.25) is 0 Å². The summed E-state index contributed by atoms with van der Waals surface area (Å²) in [5.41, 5.74) is 1.06. The van der Waals surface area contributed by atoms with E-state index in [1.807, 2.05) is 6.92 Å². The van der Waals surface area contributed by atoms with Gasteiger partial charge in [-0.15, -0.1) is 0 Å². The molecule has 0 amide bonds. The Morgan fingerprint density at radius 3 is 2.50 bits per heavy atom. The minimum Gasteiger partial charge on any atom is -0.399 e. The third kappa shape index (κ3) is 9.05. The zero-order chi connectivity index (χ0) is 10.6. The van der Waals surface area contributed by atoms with Crippen LogP contribution in [0.4, 0.5) is 0 Å². The van der Waals surface area contributed by atoms with Gasteiger partial charge in [-0.05, 0) is 26.2 Å². The molecule has 0 unspecified atom stereocenters. The molecule has 0 atom stereocenters. The maximum absolute atomic E-state index is 8.32. The lowest BCUT2D eigenvalue weighted by Crippen LogP contribution is -1.92. The molecule has 0 rings (SSSR count). The van der Waals surface area contributed by atoms with Gasteiger partial charge in [0.05, 0.1) is 11.8 Å². The lowest BCUT2D eigenvalue weighted by Gasteiger charge is -2.00. The number of hydrogen-bond donors (Lipinski definition) is 0. The van der Waals surface area contributed by atoms with Crippen molar-refractivity contribution in [1.29, 1.82) is 5.26 Å². The quantitative estimate of drug-likeness (QED) is 0.340. The number of nitriles is 1. The van der Waals surface area contributed by atoms with Crippen LogP contribution < -0.4 is 0 Å². The Labute approximate surface area is 86.7 Å². The van der Waals surface area contributed by atoms with Crippen LogP contribution in [0.5, 0.6) is 0 Å². The van der Waals surface area contributed by atoms with Gasteiger partial charge >= 0.3 is 0 Å². The van der Waals surface area contributed by atoms with Crippen LogP contribution in [0.1, 0.15) is 51.9 Å². The lowest BCUT2D eigenvalue weighted by atomic mass is 10.1. The van der Waals surface area contributed by atoms with Gasteiger partial charge in [0.1, 0.15) is 7.11 Å². The van der Waals surface area contributed by atoms with Crippen molar-refractivity contribution in [2.24, 2.45) is 5.16 Å². The average Bonchev–Trinajstić information content (AvgIpc) is 2.17. The zero-order valence-electron chi connectivity index (χ0n) is 9.25. The Kier molecular flexibility index (Phi) is 9.30. The Bertz CT molecular complexity index is 194. The van der Waals surface area contributed by atoms with E-state index in [9.17, 15) is 0 Å². The maximum atomic E-state index is 8.32. The smallest absolute Gasteiger partial charge is 0.106 e. The largest absolute Gasteiger partial charge is 0.399 e. The highest BCUT2D eigenvalue weighted by Crippen LogP contribution is 2.07. The molecule has 0 aromatic rings. The summed E-state index contributed by atoms with van der Waals surface area (Å²) in [6, 6.07) is 2.16.